The number of piperidine rings is 1. The predicted molar refractivity (Wildman–Crippen MR) is 73.1 cm³/mol. The van der Waals surface area contributed by atoms with Gasteiger partial charge in [0.05, 0.1) is 0 Å². The Labute approximate surface area is 109 Å². The van der Waals surface area contributed by atoms with E-state index in [9.17, 15) is 4.39 Å². The van der Waals surface area contributed by atoms with Gasteiger partial charge in [0, 0.05) is 18.7 Å². The molecule has 1 aromatic carbocycles. The largest absolute Gasteiger partial charge is 0.316 e. The van der Waals surface area contributed by atoms with Crippen molar-refractivity contribution < 1.29 is 4.39 Å². The first-order valence-corrected chi connectivity index (χ1v) is 6.79. The molecule has 1 aromatic rings. The molecule has 2 rings (SSSR count). The molecule has 0 aliphatic carbocycles. The molecule has 1 fully saturated rings. The van der Waals surface area contributed by atoms with Crippen LogP contribution < -0.4 is 5.32 Å². The van der Waals surface area contributed by atoms with Gasteiger partial charge in [0.25, 0.3) is 0 Å². The fraction of sp³-hybridized carbons (Fsp3) is 0.600. The number of nitrogens with one attached hydrogen (secondary N) is 1. The second kappa shape index (κ2) is 6.30. The standard InChI is InChI=1S/C15H23FN2/c1-12-5-6-15(16)14(8-12)11-18(2)10-13-4-3-7-17-9-13/h5-6,8,13,17H,3-4,7,9-11H2,1-2H3. The van der Waals surface area contributed by atoms with Crippen LogP contribution in [0.2, 0.25) is 0 Å². The number of aryl methyl sites for hydroxylation is 1. The van der Waals surface area contributed by atoms with Gasteiger partial charge in [0.15, 0.2) is 0 Å². The third-order valence-corrected chi connectivity index (χ3v) is 3.61. The average Bonchev–Trinajstić information content (AvgIpc) is 2.35. The molecule has 0 saturated carbocycles. The number of nitrogens with zero attached hydrogens (tertiary/aromatic N) is 1. The van der Waals surface area contributed by atoms with E-state index in [1.54, 1.807) is 6.07 Å². The molecule has 1 unspecified atom stereocenters. The van der Waals surface area contributed by atoms with Crippen LogP contribution in [-0.4, -0.2) is 31.6 Å². The minimum Gasteiger partial charge on any atom is -0.316 e. The molecule has 1 saturated heterocycles. The van der Waals surface area contributed by atoms with Gasteiger partial charge in [-0.2, -0.15) is 0 Å². The van der Waals surface area contributed by atoms with Gasteiger partial charge in [-0.25, -0.2) is 4.39 Å². The molecule has 0 bridgehead atoms. The Morgan fingerprint density at radius 2 is 2.28 bits per heavy atom. The van der Waals surface area contributed by atoms with E-state index in [2.05, 4.69) is 17.3 Å². The zero-order chi connectivity index (χ0) is 13.0. The topological polar surface area (TPSA) is 15.3 Å². The van der Waals surface area contributed by atoms with E-state index in [-0.39, 0.29) is 5.82 Å². The number of hydrogen-bond acceptors (Lipinski definition) is 2. The van der Waals surface area contributed by atoms with Crippen LogP contribution >= 0.6 is 0 Å². The summed E-state index contributed by atoms with van der Waals surface area (Å²) in [6.07, 6.45) is 2.55. The first-order chi connectivity index (χ1) is 8.65. The Morgan fingerprint density at radius 1 is 1.44 bits per heavy atom. The van der Waals surface area contributed by atoms with Gasteiger partial charge in [-0.15, -0.1) is 0 Å². The van der Waals surface area contributed by atoms with Crippen molar-refractivity contribution >= 4 is 0 Å². The zero-order valence-electron chi connectivity index (χ0n) is 11.4. The molecule has 0 radical (unpaired) electrons. The molecule has 0 aromatic heterocycles. The molecule has 0 spiro atoms. The molecule has 1 aliphatic rings. The van der Waals surface area contributed by atoms with Crippen LogP contribution in [0, 0.1) is 18.7 Å². The van der Waals surface area contributed by atoms with Crippen molar-refractivity contribution in [1.29, 1.82) is 0 Å². The van der Waals surface area contributed by atoms with Crippen molar-refractivity contribution in [3.05, 3.63) is 35.1 Å². The van der Waals surface area contributed by atoms with Crippen molar-refractivity contribution in [3.63, 3.8) is 0 Å². The van der Waals surface area contributed by atoms with Gasteiger partial charge in [-0.05, 0) is 51.9 Å². The molecule has 18 heavy (non-hydrogen) atoms. The van der Waals surface area contributed by atoms with E-state index in [1.165, 1.54) is 12.8 Å². The smallest absolute Gasteiger partial charge is 0.127 e. The molecule has 0 amide bonds. The fourth-order valence-corrected chi connectivity index (χ4v) is 2.70. The maximum Gasteiger partial charge on any atom is 0.127 e. The van der Waals surface area contributed by atoms with Crippen molar-refractivity contribution in [2.24, 2.45) is 5.92 Å². The highest BCUT2D eigenvalue weighted by molar-refractivity contribution is 5.23. The first-order valence-electron chi connectivity index (χ1n) is 6.79. The van der Waals surface area contributed by atoms with Gasteiger partial charge in [0.2, 0.25) is 0 Å². The maximum absolute atomic E-state index is 13.7. The Bertz CT molecular complexity index is 386. The van der Waals surface area contributed by atoms with E-state index in [4.69, 9.17) is 0 Å². The number of halogens is 1. The quantitative estimate of drug-likeness (QED) is 0.883. The van der Waals surface area contributed by atoms with E-state index >= 15 is 0 Å². The molecular weight excluding hydrogens is 227 g/mol. The SMILES string of the molecule is Cc1ccc(F)c(CN(C)CC2CCCNC2)c1. The summed E-state index contributed by atoms with van der Waals surface area (Å²) in [6.45, 7) is 5.99. The highest BCUT2D eigenvalue weighted by Gasteiger charge is 2.15. The van der Waals surface area contributed by atoms with Crippen molar-refractivity contribution in [2.75, 3.05) is 26.7 Å². The Balaban J connectivity index is 1.89. The Morgan fingerprint density at radius 3 is 3.00 bits per heavy atom. The summed E-state index contributed by atoms with van der Waals surface area (Å²) in [6, 6.07) is 5.34. The minimum absolute atomic E-state index is 0.0887. The third kappa shape index (κ3) is 3.79. The molecule has 100 valence electrons. The van der Waals surface area contributed by atoms with Gasteiger partial charge >= 0.3 is 0 Å². The van der Waals surface area contributed by atoms with Crippen molar-refractivity contribution in [2.45, 2.75) is 26.3 Å². The summed E-state index contributed by atoms with van der Waals surface area (Å²) < 4.78 is 13.7. The lowest BCUT2D eigenvalue weighted by Crippen LogP contribution is -2.36. The molecular formula is C15H23FN2. The molecule has 3 heteroatoms. The third-order valence-electron chi connectivity index (χ3n) is 3.61. The van der Waals surface area contributed by atoms with Crippen LogP contribution in [0.15, 0.2) is 18.2 Å². The Hall–Kier alpha value is -0.930. The number of rotatable bonds is 4. The summed E-state index contributed by atoms with van der Waals surface area (Å²) in [5.41, 5.74) is 1.93. The second-order valence-electron chi connectivity index (χ2n) is 5.50. The summed E-state index contributed by atoms with van der Waals surface area (Å²) >= 11 is 0. The van der Waals surface area contributed by atoms with Crippen LogP contribution in [0.1, 0.15) is 24.0 Å². The Kier molecular flexibility index (Phi) is 4.72. The van der Waals surface area contributed by atoms with Gasteiger partial charge in [0.1, 0.15) is 5.82 Å². The van der Waals surface area contributed by atoms with Gasteiger partial charge < -0.3 is 10.2 Å². The number of benzene rings is 1. The summed E-state index contributed by atoms with van der Waals surface area (Å²) in [4.78, 5) is 2.23. The van der Waals surface area contributed by atoms with Crippen molar-refractivity contribution in [3.8, 4) is 0 Å². The van der Waals surface area contributed by atoms with E-state index < -0.39 is 0 Å². The van der Waals surface area contributed by atoms with E-state index in [0.717, 1.165) is 30.8 Å². The predicted octanol–water partition coefficient (Wildman–Crippen LogP) is 2.57. The lowest BCUT2D eigenvalue weighted by atomic mass is 9.99. The van der Waals surface area contributed by atoms with E-state index in [1.807, 2.05) is 19.1 Å². The second-order valence-corrected chi connectivity index (χ2v) is 5.50. The summed E-state index contributed by atoms with van der Waals surface area (Å²) in [5, 5.41) is 3.42. The summed E-state index contributed by atoms with van der Waals surface area (Å²) in [7, 11) is 2.08. The molecule has 1 N–H and O–H groups in total. The van der Waals surface area contributed by atoms with Gasteiger partial charge in [-0.1, -0.05) is 17.7 Å². The highest BCUT2D eigenvalue weighted by Crippen LogP contribution is 2.15. The molecule has 2 nitrogen and oxygen atoms in total. The minimum atomic E-state index is -0.0887. The monoisotopic (exact) mass is 250 g/mol. The van der Waals surface area contributed by atoms with Crippen molar-refractivity contribution in [1.82, 2.24) is 10.2 Å². The maximum atomic E-state index is 13.7. The van der Waals surface area contributed by atoms with Gasteiger partial charge in [-0.3, -0.25) is 0 Å². The summed E-state index contributed by atoms with van der Waals surface area (Å²) in [5.74, 6) is 0.617. The molecule has 1 heterocycles. The van der Waals surface area contributed by atoms with Crippen LogP contribution in [0.5, 0.6) is 0 Å². The zero-order valence-corrected chi connectivity index (χ0v) is 11.4. The molecule has 1 aliphatic heterocycles. The van der Waals surface area contributed by atoms with Crippen LogP contribution in [0.4, 0.5) is 4.39 Å². The van der Waals surface area contributed by atoms with Crippen LogP contribution in [-0.2, 0) is 6.54 Å². The normalized spacial score (nSPS) is 20.3. The fourth-order valence-electron chi connectivity index (χ4n) is 2.70. The van der Waals surface area contributed by atoms with Crippen LogP contribution in [0.25, 0.3) is 0 Å². The van der Waals surface area contributed by atoms with Crippen LogP contribution in [0.3, 0.4) is 0 Å². The van der Waals surface area contributed by atoms with E-state index in [0.29, 0.717) is 12.5 Å². The average molecular weight is 250 g/mol. The first kappa shape index (κ1) is 13.5. The molecule has 1 atom stereocenters. The highest BCUT2D eigenvalue weighted by atomic mass is 19.1. The lowest BCUT2D eigenvalue weighted by Gasteiger charge is -2.27. The number of hydrogen-bond donors (Lipinski definition) is 1. The lowest BCUT2D eigenvalue weighted by molar-refractivity contribution is 0.235.